The van der Waals surface area contributed by atoms with E-state index in [1.54, 1.807) is 0 Å². The van der Waals surface area contributed by atoms with E-state index in [9.17, 15) is 0 Å². The first-order chi connectivity index (χ1) is 10.3. The zero-order valence-corrected chi connectivity index (χ0v) is 13.8. The number of rotatable bonds is 4. The van der Waals surface area contributed by atoms with E-state index in [2.05, 4.69) is 55.5 Å². The smallest absolute Gasteiger partial charge is 0.0458 e. The summed E-state index contributed by atoms with van der Waals surface area (Å²) in [6.45, 7) is 4.57. The summed E-state index contributed by atoms with van der Waals surface area (Å²) < 4.78 is 1.17. The van der Waals surface area contributed by atoms with Gasteiger partial charge in [0, 0.05) is 53.8 Å². The lowest BCUT2D eigenvalue weighted by Gasteiger charge is -2.35. The Labute approximate surface area is 134 Å². The molecule has 0 bridgehead atoms. The fourth-order valence-corrected chi connectivity index (χ4v) is 3.89. The number of H-pyrrole nitrogens is 1. The molecule has 21 heavy (non-hydrogen) atoms. The summed E-state index contributed by atoms with van der Waals surface area (Å²) in [6, 6.07) is 7.13. The number of fused-ring (bicyclic) bond motifs is 1. The largest absolute Gasteiger partial charge is 0.361 e. The third kappa shape index (κ3) is 2.89. The molecule has 112 valence electrons. The molecule has 3 nitrogen and oxygen atoms in total. The SMILES string of the molecule is Brc1ccc2[nH]cc([C@@H](CC3CC3)N3CCNCC3)c2c1. The first kappa shape index (κ1) is 13.8. The number of nitrogens with one attached hydrogen (secondary N) is 2. The number of aromatic amines is 1. The van der Waals surface area contributed by atoms with Crippen molar-refractivity contribution < 1.29 is 0 Å². The van der Waals surface area contributed by atoms with Crippen molar-refractivity contribution in [3.63, 3.8) is 0 Å². The van der Waals surface area contributed by atoms with Crippen molar-refractivity contribution in [1.29, 1.82) is 0 Å². The Morgan fingerprint density at radius 1 is 1.24 bits per heavy atom. The molecule has 1 aliphatic heterocycles. The van der Waals surface area contributed by atoms with Gasteiger partial charge in [-0.3, -0.25) is 4.90 Å². The van der Waals surface area contributed by atoms with Crippen molar-refractivity contribution in [2.45, 2.75) is 25.3 Å². The predicted molar refractivity (Wildman–Crippen MR) is 90.5 cm³/mol. The minimum atomic E-state index is 0.572. The van der Waals surface area contributed by atoms with Crippen molar-refractivity contribution in [3.8, 4) is 0 Å². The molecule has 2 aliphatic rings. The number of hydrogen-bond acceptors (Lipinski definition) is 2. The Morgan fingerprint density at radius 2 is 2.05 bits per heavy atom. The lowest BCUT2D eigenvalue weighted by Crippen LogP contribution is -2.45. The third-order valence-electron chi connectivity index (χ3n) is 4.88. The number of aromatic nitrogens is 1. The third-order valence-corrected chi connectivity index (χ3v) is 5.37. The quantitative estimate of drug-likeness (QED) is 0.883. The highest BCUT2D eigenvalue weighted by molar-refractivity contribution is 9.10. The summed E-state index contributed by atoms with van der Waals surface area (Å²) in [7, 11) is 0. The number of piperazine rings is 1. The fraction of sp³-hybridized carbons (Fsp3) is 0.529. The first-order valence-corrected chi connectivity index (χ1v) is 8.82. The maximum absolute atomic E-state index is 3.62. The Hall–Kier alpha value is -0.840. The van der Waals surface area contributed by atoms with Gasteiger partial charge in [-0.25, -0.2) is 0 Å². The molecular formula is C17H22BrN3. The highest BCUT2D eigenvalue weighted by Crippen LogP contribution is 2.42. The van der Waals surface area contributed by atoms with Crippen LogP contribution in [0, 0.1) is 5.92 Å². The summed E-state index contributed by atoms with van der Waals surface area (Å²) in [5.41, 5.74) is 2.74. The molecule has 1 saturated heterocycles. The highest BCUT2D eigenvalue weighted by atomic mass is 79.9. The summed E-state index contributed by atoms with van der Waals surface area (Å²) in [5, 5.41) is 4.86. The average Bonchev–Trinajstić information content (AvgIpc) is 3.25. The standard InChI is InChI=1S/C17H22BrN3/c18-13-3-4-16-14(10-13)15(11-20-16)17(9-12-1-2-12)21-7-5-19-6-8-21/h3-4,10-12,17,19-20H,1-2,5-9H2/t17-/m1/s1. The second kappa shape index (κ2) is 5.75. The Kier molecular flexibility index (Phi) is 3.78. The van der Waals surface area contributed by atoms with E-state index in [-0.39, 0.29) is 0 Å². The van der Waals surface area contributed by atoms with Gasteiger partial charge in [-0.2, -0.15) is 0 Å². The Balaban J connectivity index is 1.70. The van der Waals surface area contributed by atoms with Gasteiger partial charge < -0.3 is 10.3 Å². The molecule has 1 aliphatic carbocycles. The molecule has 0 amide bonds. The van der Waals surface area contributed by atoms with E-state index >= 15 is 0 Å². The molecule has 2 fully saturated rings. The zero-order chi connectivity index (χ0) is 14.2. The van der Waals surface area contributed by atoms with E-state index in [1.165, 1.54) is 40.2 Å². The topological polar surface area (TPSA) is 31.1 Å². The monoisotopic (exact) mass is 347 g/mol. The van der Waals surface area contributed by atoms with Gasteiger partial charge in [-0.1, -0.05) is 28.8 Å². The molecule has 4 rings (SSSR count). The van der Waals surface area contributed by atoms with Crippen LogP contribution < -0.4 is 5.32 Å². The van der Waals surface area contributed by atoms with Gasteiger partial charge in [-0.05, 0) is 36.1 Å². The van der Waals surface area contributed by atoms with Crippen LogP contribution in [0.1, 0.15) is 30.9 Å². The van der Waals surface area contributed by atoms with Crippen molar-refractivity contribution in [2.75, 3.05) is 26.2 Å². The average molecular weight is 348 g/mol. The van der Waals surface area contributed by atoms with E-state index in [0.29, 0.717) is 6.04 Å². The summed E-state index contributed by atoms with van der Waals surface area (Å²) in [5.74, 6) is 0.946. The molecule has 2 heterocycles. The number of halogens is 1. The lowest BCUT2D eigenvalue weighted by atomic mass is 9.98. The van der Waals surface area contributed by atoms with Crippen LogP contribution in [0.5, 0.6) is 0 Å². The zero-order valence-electron chi connectivity index (χ0n) is 12.2. The van der Waals surface area contributed by atoms with Gasteiger partial charge in [0.25, 0.3) is 0 Å². The molecule has 0 radical (unpaired) electrons. The maximum atomic E-state index is 3.62. The molecule has 0 spiro atoms. The van der Waals surface area contributed by atoms with Gasteiger partial charge in [0.2, 0.25) is 0 Å². The van der Waals surface area contributed by atoms with E-state index < -0.39 is 0 Å². The van der Waals surface area contributed by atoms with Crippen molar-refractivity contribution in [2.24, 2.45) is 5.92 Å². The van der Waals surface area contributed by atoms with E-state index in [4.69, 9.17) is 0 Å². The molecule has 0 unspecified atom stereocenters. The summed E-state index contributed by atoms with van der Waals surface area (Å²) >= 11 is 3.62. The van der Waals surface area contributed by atoms with Crippen molar-refractivity contribution in [3.05, 3.63) is 34.4 Å². The molecule has 1 atom stereocenters. The second-order valence-corrected chi connectivity index (χ2v) is 7.33. The number of nitrogens with zero attached hydrogens (tertiary/aromatic N) is 1. The van der Waals surface area contributed by atoms with Gasteiger partial charge in [-0.15, -0.1) is 0 Å². The van der Waals surface area contributed by atoms with E-state index in [1.807, 2.05) is 0 Å². The van der Waals surface area contributed by atoms with Crippen LogP contribution in [-0.2, 0) is 0 Å². The molecule has 1 aromatic carbocycles. The van der Waals surface area contributed by atoms with Crippen LogP contribution in [0.25, 0.3) is 10.9 Å². The fourth-order valence-electron chi connectivity index (χ4n) is 3.53. The number of benzene rings is 1. The molecule has 1 aromatic heterocycles. The highest BCUT2D eigenvalue weighted by Gasteiger charge is 2.31. The van der Waals surface area contributed by atoms with Crippen molar-refractivity contribution in [1.82, 2.24) is 15.2 Å². The van der Waals surface area contributed by atoms with Crippen LogP contribution in [0.3, 0.4) is 0 Å². The van der Waals surface area contributed by atoms with Gasteiger partial charge in [0.15, 0.2) is 0 Å². The molecule has 4 heteroatoms. The lowest BCUT2D eigenvalue weighted by molar-refractivity contribution is 0.161. The van der Waals surface area contributed by atoms with Crippen molar-refractivity contribution >= 4 is 26.8 Å². The van der Waals surface area contributed by atoms with Crippen LogP contribution in [0.2, 0.25) is 0 Å². The second-order valence-electron chi connectivity index (χ2n) is 6.41. The van der Waals surface area contributed by atoms with Gasteiger partial charge >= 0.3 is 0 Å². The minimum absolute atomic E-state index is 0.572. The van der Waals surface area contributed by atoms with Crippen LogP contribution >= 0.6 is 15.9 Å². The van der Waals surface area contributed by atoms with Gasteiger partial charge in [0.05, 0.1) is 0 Å². The van der Waals surface area contributed by atoms with E-state index in [0.717, 1.165) is 32.1 Å². The molecular weight excluding hydrogens is 326 g/mol. The summed E-state index contributed by atoms with van der Waals surface area (Å²) in [6.07, 6.45) is 6.41. The first-order valence-electron chi connectivity index (χ1n) is 8.02. The molecule has 2 N–H and O–H groups in total. The summed E-state index contributed by atoms with van der Waals surface area (Å²) in [4.78, 5) is 6.14. The minimum Gasteiger partial charge on any atom is -0.361 e. The molecule has 1 saturated carbocycles. The van der Waals surface area contributed by atoms with Crippen LogP contribution in [-0.4, -0.2) is 36.1 Å². The van der Waals surface area contributed by atoms with Gasteiger partial charge in [0.1, 0.15) is 0 Å². The Morgan fingerprint density at radius 3 is 2.81 bits per heavy atom. The molecule has 2 aromatic rings. The number of hydrogen-bond donors (Lipinski definition) is 2. The predicted octanol–water partition coefficient (Wildman–Crippen LogP) is 3.68. The van der Waals surface area contributed by atoms with Crippen LogP contribution in [0.4, 0.5) is 0 Å². The van der Waals surface area contributed by atoms with Crippen LogP contribution in [0.15, 0.2) is 28.9 Å². The maximum Gasteiger partial charge on any atom is 0.0458 e. The Bertz CT molecular complexity index is 626. The normalized spacial score (nSPS) is 21.8.